The van der Waals surface area contributed by atoms with Crippen LogP contribution in [0.1, 0.15) is 42.5 Å². The molecule has 0 unspecified atom stereocenters. The minimum atomic E-state index is -0.193. The van der Waals surface area contributed by atoms with Crippen molar-refractivity contribution in [1.29, 1.82) is 0 Å². The van der Waals surface area contributed by atoms with Gasteiger partial charge in [-0.1, -0.05) is 19.4 Å². The number of benzene rings is 1. The molecule has 1 heterocycles. The molecule has 2 N–H and O–H groups in total. The van der Waals surface area contributed by atoms with Crippen LogP contribution in [0.3, 0.4) is 0 Å². The number of hydrogen-bond acceptors (Lipinski definition) is 3. The maximum atomic E-state index is 13.2. The quantitative estimate of drug-likeness (QED) is 0.259. The lowest BCUT2D eigenvalue weighted by atomic mass is 10.1. The summed E-state index contributed by atoms with van der Waals surface area (Å²) in [6.45, 7) is 8.07. The normalized spacial score (nSPS) is 11.2. The molecule has 1 aromatic heterocycles. The van der Waals surface area contributed by atoms with E-state index in [1.807, 2.05) is 31.5 Å². The van der Waals surface area contributed by atoms with E-state index < -0.39 is 0 Å². The summed E-state index contributed by atoms with van der Waals surface area (Å²) in [6.07, 6.45) is 3.02. The highest BCUT2D eigenvalue weighted by Crippen LogP contribution is 2.10. The lowest BCUT2D eigenvalue weighted by Gasteiger charge is -2.13. The standard InChI is InChI=1S/C19H29FN6.HI/c1-5-6-10-21-19(23-13-18-25-24-15(3)26(18)4)22-11-9-16-7-8-17(20)12-14(16)2;/h7-8,12H,5-6,9-11,13H2,1-4H3,(H2,21,22,23);1H. The number of hydrogen-bond donors (Lipinski definition) is 2. The second-order valence-electron chi connectivity index (χ2n) is 6.42. The van der Waals surface area contributed by atoms with Crippen LogP contribution in [-0.4, -0.2) is 33.8 Å². The minimum Gasteiger partial charge on any atom is -0.356 e. The van der Waals surface area contributed by atoms with E-state index in [2.05, 4.69) is 32.7 Å². The van der Waals surface area contributed by atoms with Crippen LogP contribution in [0.5, 0.6) is 0 Å². The average Bonchev–Trinajstić information content (AvgIpc) is 2.93. The summed E-state index contributed by atoms with van der Waals surface area (Å²) < 4.78 is 15.1. The zero-order chi connectivity index (χ0) is 18.9. The van der Waals surface area contributed by atoms with Crippen molar-refractivity contribution in [3.05, 3.63) is 46.8 Å². The molecule has 0 spiro atoms. The molecule has 8 heteroatoms. The van der Waals surface area contributed by atoms with Crippen LogP contribution in [0.2, 0.25) is 0 Å². The first-order chi connectivity index (χ1) is 12.5. The maximum absolute atomic E-state index is 13.2. The Bertz CT molecular complexity index is 744. The SMILES string of the molecule is CCCCNC(=NCc1nnc(C)n1C)NCCc1ccc(F)cc1C.I. The molecular formula is C19H30FIN6. The number of unbranched alkanes of at least 4 members (excludes halogenated alkanes) is 1. The summed E-state index contributed by atoms with van der Waals surface area (Å²) in [5.74, 6) is 2.27. The molecule has 0 aliphatic rings. The van der Waals surface area contributed by atoms with Gasteiger partial charge in [0.25, 0.3) is 0 Å². The van der Waals surface area contributed by atoms with Gasteiger partial charge in [-0.2, -0.15) is 0 Å². The molecule has 27 heavy (non-hydrogen) atoms. The highest BCUT2D eigenvalue weighted by atomic mass is 127. The van der Waals surface area contributed by atoms with Crippen molar-refractivity contribution in [1.82, 2.24) is 25.4 Å². The number of nitrogens with zero attached hydrogens (tertiary/aromatic N) is 4. The van der Waals surface area contributed by atoms with Crippen LogP contribution in [-0.2, 0) is 20.0 Å². The van der Waals surface area contributed by atoms with E-state index in [0.29, 0.717) is 6.54 Å². The van der Waals surface area contributed by atoms with E-state index in [9.17, 15) is 4.39 Å². The molecule has 150 valence electrons. The minimum absolute atomic E-state index is 0. The van der Waals surface area contributed by atoms with Crippen LogP contribution in [0.4, 0.5) is 4.39 Å². The lowest BCUT2D eigenvalue weighted by molar-refractivity contribution is 0.625. The maximum Gasteiger partial charge on any atom is 0.191 e. The third-order valence-corrected chi connectivity index (χ3v) is 4.38. The molecular weight excluding hydrogens is 458 g/mol. The van der Waals surface area contributed by atoms with Gasteiger partial charge in [0, 0.05) is 20.1 Å². The third-order valence-electron chi connectivity index (χ3n) is 4.38. The Balaban J connectivity index is 0.00000364. The van der Waals surface area contributed by atoms with Gasteiger partial charge >= 0.3 is 0 Å². The largest absolute Gasteiger partial charge is 0.356 e. The zero-order valence-electron chi connectivity index (χ0n) is 16.5. The van der Waals surface area contributed by atoms with Crippen molar-refractivity contribution < 1.29 is 4.39 Å². The van der Waals surface area contributed by atoms with Crippen molar-refractivity contribution in [3.63, 3.8) is 0 Å². The van der Waals surface area contributed by atoms with E-state index in [-0.39, 0.29) is 29.8 Å². The molecule has 6 nitrogen and oxygen atoms in total. The fraction of sp³-hybridized carbons (Fsp3) is 0.526. The van der Waals surface area contributed by atoms with Crippen molar-refractivity contribution in [3.8, 4) is 0 Å². The fourth-order valence-electron chi connectivity index (χ4n) is 2.55. The predicted molar refractivity (Wildman–Crippen MR) is 118 cm³/mol. The summed E-state index contributed by atoms with van der Waals surface area (Å²) in [7, 11) is 1.94. The monoisotopic (exact) mass is 488 g/mol. The number of guanidine groups is 1. The number of nitrogens with one attached hydrogen (secondary N) is 2. The summed E-state index contributed by atoms with van der Waals surface area (Å²) in [5, 5.41) is 14.9. The Labute approximate surface area is 178 Å². The highest BCUT2D eigenvalue weighted by Gasteiger charge is 2.06. The number of aliphatic imine (C=N–C) groups is 1. The molecule has 0 amide bonds. The van der Waals surface area contributed by atoms with E-state index in [0.717, 1.165) is 61.1 Å². The number of aromatic nitrogens is 3. The van der Waals surface area contributed by atoms with Crippen LogP contribution >= 0.6 is 24.0 Å². The van der Waals surface area contributed by atoms with E-state index in [4.69, 9.17) is 0 Å². The highest BCUT2D eigenvalue weighted by molar-refractivity contribution is 14.0. The average molecular weight is 488 g/mol. The molecule has 0 aliphatic carbocycles. The molecule has 0 saturated heterocycles. The molecule has 2 rings (SSSR count). The Hall–Kier alpha value is -1.71. The van der Waals surface area contributed by atoms with Gasteiger partial charge in [0.15, 0.2) is 11.8 Å². The Morgan fingerprint density at radius 3 is 2.56 bits per heavy atom. The molecule has 2 aromatic rings. The van der Waals surface area contributed by atoms with Crippen LogP contribution < -0.4 is 10.6 Å². The summed E-state index contributed by atoms with van der Waals surface area (Å²) in [5.41, 5.74) is 2.11. The zero-order valence-corrected chi connectivity index (χ0v) is 18.9. The Morgan fingerprint density at radius 2 is 1.93 bits per heavy atom. The molecule has 0 fully saturated rings. The van der Waals surface area contributed by atoms with Gasteiger partial charge in [0.1, 0.15) is 18.2 Å². The van der Waals surface area contributed by atoms with Gasteiger partial charge < -0.3 is 15.2 Å². The second-order valence-corrected chi connectivity index (χ2v) is 6.42. The van der Waals surface area contributed by atoms with Gasteiger partial charge in [0.2, 0.25) is 0 Å². The molecule has 0 bridgehead atoms. The lowest BCUT2D eigenvalue weighted by Crippen LogP contribution is -2.39. The van der Waals surface area contributed by atoms with Gasteiger partial charge in [-0.25, -0.2) is 9.38 Å². The van der Waals surface area contributed by atoms with Gasteiger partial charge in [-0.05, 0) is 49.9 Å². The second kappa shape index (κ2) is 11.9. The smallest absolute Gasteiger partial charge is 0.191 e. The van der Waals surface area contributed by atoms with Gasteiger partial charge in [0.05, 0.1) is 0 Å². The van der Waals surface area contributed by atoms with E-state index in [1.165, 1.54) is 6.07 Å². The molecule has 1 aromatic carbocycles. The first-order valence-corrected chi connectivity index (χ1v) is 9.13. The van der Waals surface area contributed by atoms with Crippen molar-refractivity contribution >= 4 is 29.9 Å². The number of halogens is 2. The Kier molecular flexibility index (Phi) is 10.3. The van der Waals surface area contributed by atoms with Gasteiger partial charge in [-0.3, -0.25) is 0 Å². The van der Waals surface area contributed by atoms with Crippen molar-refractivity contribution in [2.24, 2.45) is 12.0 Å². The summed E-state index contributed by atoms with van der Waals surface area (Å²) in [6, 6.07) is 4.92. The number of aryl methyl sites for hydroxylation is 2. The summed E-state index contributed by atoms with van der Waals surface area (Å²) in [4.78, 5) is 4.62. The van der Waals surface area contributed by atoms with E-state index in [1.54, 1.807) is 6.07 Å². The Morgan fingerprint density at radius 1 is 1.19 bits per heavy atom. The van der Waals surface area contributed by atoms with Crippen LogP contribution in [0.15, 0.2) is 23.2 Å². The summed E-state index contributed by atoms with van der Waals surface area (Å²) >= 11 is 0. The van der Waals surface area contributed by atoms with Crippen molar-refractivity contribution in [2.45, 2.75) is 46.6 Å². The first kappa shape index (κ1) is 23.3. The third kappa shape index (κ3) is 7.43. The van der Waals surface area contributed by atoms with Crippen LogP contribution in [0.25, 0.3) is 0 Å². The van der Waals surface area contributed by atoms with E-state index >= 15 is 0 Å². The predicted octanol–water partition coefficient (Wildman–Crippen LogP) is 3.27. The first-order valence-electron chi connectivity index (χ1n) is 9.13. The number of rotatable bonds is 8. The van der Waals surface area contributed by atoms with Crippen molar-refractivity contribution in [2.75, 3.05) is 13.1 Å². The molecule has 0 radical (unpaired) electrons. The molecule has 0 aliphatic heterocycles. The van der Waals surface area contributed by atoms with Crippen LogP contribution in [0, 0.1) is 19.7 Å². The topological polar surface area (TPSA) is 67.1 Å². The molecule has 0 saturated carbocycles. The molecule has 0 atom stereocenters. The fourth-order valence-corrected chi connectivity index (χ4v) is 2.55. The van der Waals surface area contributed by atoms with Gasteiger partial charge in [-0.15, -0.1) is 34.2 Å².